The Hall–Kier alpha value is -1.86. The van der Waals surface area contributed by atoms with Crippen LogP contribution in [0.25, 0.3) is 21.5 Å². The van der Waals surface area contributed by atoms with Crippen molar-refractivity contribution in [3.05, 3.63) is 60.2 Å². The highest BCUT2D eigenvalue weighted by molar-refractivity contribution is 5.99. The van der Waals surface area contributed by atoms with Crippen LogP contribution >= 0.6 is 0 Å². The molecule has 18 heavy (non-hydrogen) atoms. The van der Waals surface area contributed by atoms with Crippen LogP contribution in [-0.4, -0.2) is 6.61 Å². The largest absolute Gasteiger partial charge is 0.237 e. The molecule has 0 saturated carbocycles. The van der Waals surface area contributed by atoms with Gasteiger partial charge in [0.2, 0.25) is 0 Å². The molecule has 0 aliphatic rings. The van der Waals surface area contributed by atoms with E-state index < -0.39 is 0 Å². The fourth-order valence-corrected chi connectivity index (χ4v) is 2.51. The van der Waals surface area contributed by atoms with E-state index in [2.05, 4.69) is 54.6 Å². The molecule has 1 radical (unpaired) electrons. The first-order chi connectivity index (χ1) is 8.88. The third-order valence-electron chi connectivity index (χ3n) is 3.43. The van der Waals surface area contributed by atoms with Crippen LogP contribution in [-0.2, 0) is 11.5 Å². The molecule has 0 spiro atoms. The predicted molar refractivity (Wildman–Crippen MR) is 75.3 cm³/mol. The Kier molecular flexibility index (Phi) is 2.99. The van der Waals surface area contributed by atoms with Crippen molar-refractivity contribution in [2.45, 2.75) is 12.8 Å². The third-order valence-corrected chi connectivity index (χ3v) is 3.43. The molecule has 89 valence electrons. The molecule has 3 rings (SSSR count). The van der Waals surface area contributed by atoms with E-state index in [0.29, 0.717) is 6.42 Å². The fourth-order valence-electron chi connectivity index (χ4n) is 2.51. The average Bonchev–Trinajstić information content (AvgIpc) is 2.43. The molecule has 0 heterocycles. The molecule has 0 aliphatic heterocycles. The zero-order chi connectivity index (χ0) is 12.4. The zero-order valence-corrected chi connectivity index (χ0v) is 10.2. The van der Waals surface area contributed by atoms with E-state index in [1.165, 1.54) is 27.1 Å². The number of hydrogen-bond donors (Lipinski definition) is 0. The quantitative estimate of drug-likeness (QED) is 0.601. The van der Waals surface area contributed by atoms with E-state index in [0.717, 1.165) is 6.42 Å². The first-order valence-electron chi connectivity index (χ1n) is 6.37. The van der Waals surface area contributed by atoms with Gasteiger partial charge in [-0.1, -0.05) is 42.5 Å². The van der Waals surface area contributed by atoms with Crippen LogP contribution in [0.2, 0.25) is 0 Å². The van der Waals surface area contributed by atoms with Crippen molar-refractivity contribution in [1.82, 2.24) is 0 Å². The van der Waals surface area contributed by atoms with Crippen molar-refractivity contribution < 1.29 is 5.11 Å². The summed E-state index contributed by atoms with van der Waals surface area (Å²) in [6.45, 7) is 0.00394. The van der Waals surface area contributed by atoms with E-state index in [1.807, 2.05) is 0 Å². The lowest BCUT2D eigenvalue weighted by atomic mass is 9.97. The van der Waals surface area contributed by atoms with Crippen molar-refractivity contribution >= 4 is 21.5 Å². The summed E-state index contributed by atoms with van der Waals surface area (Å²) in [5, 5.41) is 15.7. The SMILES string of the molecule is [O]CCCc1cccc2cc3ccccc3cc12. The second-order valence-corrected chi connectivity index (χ2v) is 4.65. The normalized spacial score (nSPS) is 11.2. The third kappa shape index (κ3) is 1.98. The molecular formula is C17H15O. The Morgan fingerprint density at radius 1 is 0.778 bits per heavy atom. The van der Waals surface area contributed by atoms with Gasteiger partial charge in [0.1, 0.15) is 0 Å². The van der Waals surface area contributed by atoms with Crippen LogP contribution in [0, 0.1) is 0 Å². The van der Waals surface area contributed by atoms with Crippen molar-refractivity contribution in [3.63, 3.8) is 0 Å². The Balaban J connectivity index is 2.22. The van der Waals surface area contributed by atoms with Crippen molar-refractivity contribution in [2.24, 2.45) is 0 Å². The molecule has 0 bridgehead atoms. The maximum absolute atomic E-state index is 10.7. The van der Waals surface area contributed by atoms with E-state index in [9.17, 15) is 5.11 Å². The van der Waals surface area contributed by atoms with E-state index in [-0.39, 0.29) is 6.61 Å². The maximum atomic E-state index is 10.7. The molecule has 3 aromatic rings. The van der Waals surface area contributed by atoms with Crippen molar-refractivity contribution in [2.75, 3.05) is 6.61 Å². The number of hydrogen-bond acceptors (Lipinski definition) is 0. The van der Waals surface area contributed by atoms with Crippen LogP contribution in [0.15, 0.2) is 54.6 Å². The fraction of sp³-hybridized carbons (Fsp3) is 0.176. The maximum Gasteiger partial charge on any atom is 0.0825 e. The lowest BCUT2D eigenvalue weighted by Gasteiger charge is -2.07. The highest BCUT2D eigenvalue weighted by atomic mass is 16.2. The van der Waals surface area contributed by atoms with Gasteiger partial charge >= 0.3 is 0 Å². The van der Waals surface area contributed by atoms with Crippen LogP contribution < -0.4 is 0 Å². The van der Waals surface area contributed by atoms with Gasteiger partial charge in [0.05, 0.1) is 6.61 Å². The first kappa shape index (κ1) is 11.2. The van der Waals surface area contributed by atoms with Gasteiger partial charge in [-0.05, 0) is 52.1 Å². The standard InChI is InChI=1S/C17H15O/c18-10-4-9-13-7-3-8-16-11-14-5-1-2-6-15(14)12-17(13)16/h1-3,5-8,11-12H,4,9-10H2. The number of fused-ring (bicyclic) bond motifs is 2. The summed E-state index contributed by atoms with van der Waals surface area (Å²) in [7, 11) is 0. The van der Waals surface area contributed by atoms with Crippen molar-refractivity contribution in [1.29, 1.82) is 0 Å². The molecule has 0 N–H and O–H groups in total. The second kappa shape index (κ2) is 4.79. The topological polar surface area (TPSA) is 19.9 Å². The molecule has 0 aliphatic carbocycles. The molecule has 0 saturated heterocycles. The Morgan fingerprint density at radius 2 is 1.50 bits per heavy atom. The smallest absolute Gasteiger partial charge is 0.0825 e. The highest BCUT2D eigenvalue weighted by Gasteiger charge is 2.02. The summed E-state index contributed by atoms with van der Waals surface area (Å²) in [6, 6.07) is 19.2. The number of benzene rings is 3. The molecule has 0 unspecified atom stereocenters. The molecule has 1 heteroatoms. The van der Waals surface area contributed by atoms with Gasteiger partial charge in [-0.25, -0.2) is 5.11 Å². The van der Waals surface area contributed by atoms with E-state index in [1.54, 1.807) is 0 Å². The predicted octanol–water partition coefficient (Wildman–Crippen LogP) is 4.36. The summed E-state index contributed by atoms with van der Waals surface area (Å²) in [5.74, 6) is 0. The molecule has 0 fully saturated rings. The molecule has 3 aromatic carbocycles. The Morgan fingerprint density at radius 3 is 2.28 bits per heavy atom. The van der Waals surface area contributed by atoms with Gasteiger partial charge in [-0.15, -0.1) is 0 Å². The van der Waals surface area contributed by atoms with E-state index >= 15 is 0 Å². The second-order valence-electron chi connectivity index (χ2n) is 4.65. The van der Waals surface area contributed by atoms with Gasteiger partial charge in [0.15, 0.2) is 0 Å². The molecule has 0 amide bonds. The van der Waals surface area contributed by atoms with Gasteiger partial charge in [0.25, 0.3) is 0 Å². The molecular weight excluding hydrogens is 220 g/mol. The van der Waals surface area contributed by atoms with Crippen LogP contribution in [0.3, 0.4) is 0 Å². The molecule has 0 atom stereocenters. The Labute approximate surface area is 107 Å². The van der Waals surface area contributed by atoms with Gasteiger partial charge in [-0.3, -0.25) is 0 Å². The van der Waals surface area contributed by atoms with Crippen LogP contribution in [0.1, 0.15) is 12.0 Å². The van der Waals surface area contributed by atoms with Crippen LogP contribution in [0.4, 0.5) is 0 Å². The average molecular weight is 235 g/mol. The minimum Gasteiger partial charge on any atom is -0.237 e. The minimum absolute atomic E-state index is 0.00394. The molecule has 1 nitrogen and oxygen atoms in total. The summed E-state index contributed by atoms with van der Waals surface area (Å²) in [6.07, 6.45) is 1.59. The summed E-state index contributed by atoms with van der Waals surface area (Å²) in [5.41, 5.74) is 1.29. The van der Waals surface area contributed by atoms with Crippen LogP contribution in [0.5, 0.6) is 0 Å². The number of rotatable bonds is 3. The first-order valence-corrected chi connectivity index (χ1v) is 6.37. The monoisotopic (exact) mass is 235 g/mol. The van der Waals surface area contributed by atoms with E-state index in [4.69, 9.17) is 0 Å². The lowest BCUT2D eigenvalue weighted by molar-refractivity contribution is 0.189. The van der Waals surface area contributed by atoms with Gasteiger partial charge in [0, 0.05) is 0 Å². The van der Waals surface area contributed by atoms with Gasteiger partial charge in [-0.2, -0.15) is 0 Å². The summed E-state index contributed by atoms with van der Waals surface area (Å²) >= 11 is 0. The Bertz CT molecular complexity index is 685. The highest BCUT2D eigenvalue weighted by Crippen LogP contribution is 2.26. The minimum atomic E-state index is 0.00394. The molecule has 0 aromatic heterocycles. The lowest BCUT2D eigenvalue weighted by Crippen LogP contribution is -1.90. The zero-order valence-electron chi connectivity index (χ0n) is 10.2. The summed E-state index contributed by atoms with van der Waals surface area (Å²) < 4.78 is 0. The number of aryl methyl sites for hydroxylation is 1. The van der Waals surface area contributed by atoms with Crippen molar-refractivity contribution in [3.8, 4) is 0 Å². The van der Waals surface area contributed by atoms with Gasteiger partial charge < -0.3 is 0 Å². The summed E-state index contributed by atoms with van der Waals surface area (Å²) in [4.78, 5) is 0.